The third-order valence-electron chi connectivity index (χ3n) is 3.25. The summed E-state index contributed by atoms with van der Waals surface area (Å²) in [6, 6.07) is 28.4. The van der Waals surface area contributed by atoms with Crippen LogP contribution in [0.25, 0.3) is 0 Å². The van der Waals surface area contributed by atoms with Crippen LogP contribution in [0.15, 0.2) is 84.9 Å². The standard InChI is InChI=1S/C20H15NO2/c21-15-20(23-18-11-5-2-6-12-18)16-8-7-13-19(14-16)22-17-9-3-1-4-10-17/h1-14,20H. The number of hydrogen-bond acceptors (Lipinski definition) is 3. The van der Waals surface area contributed by atoms with Crippen LogP contribution in [0, 0.1) is 11.3 Å². The molecule has 0 saturated heterocycles. The molecule has 3 aromatic carbocycles. The lowest BCUT2D eigenvalue weighted by molar-refractivity contribution is 0.262. The van der Waals surface area contributed by atoms with Crippen molar-refractivity contribution in [1.29, 1.82) is 5.26 Å². The van der Waals surface area contributed by atoms with E-state index in [2.05, 4.69) is 6.07 Å². The highest BCUT2D eigenvalue weighted by Crippen LogP contribution is 2.27. The topological polar surface area (TPSA) is 42.2 Å². The van der Waals surface area contributed by atoms with Crippen molar-refractivity contribution in [3.8, 4) is 23.3 Å². The lowest BCUT2D eigenvalue weighted by Crippen LogP contribution is -2.05. The minimum Gasteiger partial charge on any atom is -0.471 e. The van der Waals surface area contributed by atoms with Crippen LogP contribution in [-0.4, -0.2) is 0 Å². The first kappa shape index (κ1) is 14.7. The van der Waals surface area contributed by atoms with E-state index >= 15 is 0 Å². The summed E-state index contributed by atoms with van der Waals surface area (Å²) in [6.45, 7) is 0. The molecule has 1 atom stereocenters. The summed E-state index contributed by atoms with van der Waals surface area (Å²) in [7, 11) is 0. The molecule has 0 amide bonds. The first-order valence-corrected chi connectivity index (χ1v) is 7.29. The molecule has 0 N–H and O–H groups in total. The van der Waals surface area contributed by atoms with Gasteiger partial charge in [-0.25, -0.2) is 0 Å². The van der Waals surface area contributed by atoms with Gasteiger partial charge in [-0.3, -0.25) is 0 Å². The van der Waals surface area contributed by atoms with Crippen molar-refractivity contribution in [2.24, 2.45) is 0 Å². The number of benzene rings is 3. The van der Waals surface area contributed by atoms with Crippen LogP contribution < -0.4 is 9.47 Å². The highest BCUT2D eigenvalue weighted by Gasteiger charge is 2.13. The van der Waals surface area contributed by atoms with Crippen molar-refractivity contribution < 1.29 is 9.47 Å². The summed E-state index contributed by atoms with van der Waals surface area (Å²) >= 11 is 0. The molecular weight excluding hydrogens is 286 g/mol. The van der Waals surface area contributed by atoms with Gasteiger partial charge < -0.3 is 9.47 Å². The van der Waals surface area contributed by atoms with Crippen LogP contribution in [0.2, 0.25) is 0 Å². The van der Waals surface area contributed by atoms with E-state index in [-0.39, 0.29) is 0 Å². The molecule has 23 heavy (non-hydrogen) atoms. The van der Waals surface area contributed by atoms with Gasteiger partial charge in [0.15, 0.2) is 0 Å². The van der Waals surface area contributed by atoms with Crippen molar-refractivity contribution in [3.05, 3.63) is 90.5 Å². The Bertz CT molecular complexity index is 795. The maximum atomic E-state index is 9.41. The third kappa shape index (κ3) is 3.90. The number of hydrogen-bond donors (Lipinski definition) is 0. The van der Waals surface area contributed by atoms with Gasteiger partial charge in [0.2, 0.25) is 6.10 Å². The summed E-state index contributed by atoms with van der Waals surface area (Å²) in [5.74, 6) is 2.08. The van der Waals surface area contributed by atoms with E-state index in [1.54, 1.807) is 0 Å². The second kappa shape index (κ2) is 7.15. The molecular formula is C20H15NO2. The molecule has 0 spiro atoms. The largest absolute Gasteiger partial charge is 0.471 e. The second-order valence-electron chi connectivity index (χ2n) is 4.93. The van der Waals surface area contributed by atoms with E-state index in [9.17, 15) is 5.26 Å². The Balaban J connectivity index is 1.79. The number of ether oxygens (including phenoxy) is 2. The monoisotopic (exact) mass is 301 g/mol. The average Bonchev–Trinajstić information content (AvgIpc) is 2.62. The second-order valence-corrected chi connectivity index (χ2v) is 4.93. The maximum Gasteiger partial charge on any atom is 0.209 e. The lowest BCUT2D eigenvalue weighted by Gasteiger charge is -2.14. The molecule has 0 heterocycles. The molecule has 3 heteroatoms. The molecule has 0 saturated carbocycles. The molecule has 0 aliphatic carbocycles. The molecule has 0 bridgehead atoms. The van der Waals surface area contributed by atoms with Gasteiger partial charge in [-0.05, 0) is 36.4 Å². The molecule has 0 fully saturated rings. The Kier molecular flexibility index (Phi) is 4.56. The average molecular weight is 301 g/mol. The highest BCUT2D eigenvalue weighted by molar-refractivity contribution is 5.37. The molecule has 3 rings (SSSR count). The molecule has 1 unspecified atom stereocenters. The number of nitriles is 1. The van der Waals surface area contributed by atoms with Gasteiger partial charge in [0.25, 0.3) is 0 Å². The number of rotatable bonds is 5. The van der Waals surface area contributed by atoms with Crippen LogP contribution in [0.5, 0.6) is 17.2 Å². The normalized spacial score (nSPS) is 11.3. The van der Waals surface area contributed by atoms with Gasteiger partial charge in [-0.1, -0.05) is 48.5 Å². The fourth-order valence-corrected chi connectivity index (χ4v) is 2.17. The van der Waals surface area contributed by atoms with Gasteiger partial charge in [0.05, 0.1) is 0 Å². The fraction of sp³-hybridized carbons (Fsp3) is 0.0500. The zero-order valence-corrected chi connectivity index (χ0v) is 12.4. The van der Waals surface area contributed by atoms with Gasteiger partial charge >= 0.3 is 0 Å². The van der Waals surface area contributed by atoms with Crippen molar-refractivity contribution >= 4 is 0 Å². The lowest BCUT2D eigenvalue weighted by atomic mass is 10.1. The van der Waals surface area contributed by atoms with Crippen LogP contribution in [0.1, 0.15) is 11.7 Å². The van der Waals surface area contributed by atoms with Gasteiger partial charge in [0, 0.05) is 5.56 Å². The van der Waals surface area contributed by atoms with Crippen molar-refractivity contribution in [2.45, 2.75) is 6.10 Å². The highest BCUT2D eigenvalue weighted by atomic mass is 16.5. The zero-order chi connectivity index (χ0) is 15.9. The van der Waals surface area contributed by atoms with E-state index in [4.69, 9.17) is 9.47 Å². The van der Waals surface area contributed by atoms with E-state index in [1.165, 1.54) is 0 Å². The first-order chi connectivity index (χ1) is 11.3. The van der Waals surface area contributed by atoms with Crippen molar-refractivity contribution in [2.75, 3.05) is 0 Å². The molecule has 0 aliphatic rings. The molecule has 3 nitrogen and oxygen atoms in total. The Morgan fingerprint density at radius 1 is 0.696 bits per heavy atom. The number of nitrogens with zero attached hydrogens (tertiary/aromatic N) is 1. The summed E-state index contributed by atoms with van der Waals surface area (Å²) < 4.78 is 11.5. The van der Waals surface area contributed by atoms with Gasteiger partial charge in [-0.15, -0.1) is 0 Å². The van der Waals surface area contributed by atoms with E-state index in [1.807, 2.05) is 84.9 Å². The van der Waals surface area contributed by atoms with Crippen LogP contribution in [0.3, 0.4) is 0 Å². The van der Waals surface area contributed by atoms with Gasteiger partial charge in [-0.2, -0.15) is 5.26 Å². The Hall–Kier alpha value is -3.25. The third-order valence-corrected chi connectivity index (χ3v) is 3.25. The summed E-state index contributed by atoms with van der Waals surface area (Å²) in [5.41, 5.74) is 0.754. The Morgan fingerprint density at radius 3 is 1.96 bits per heavy atom. The predicted molar refractivity (Wildman–Crippen MR) is 88.4 cm³/mol. The number of para-hydroxylation sites is 2. The fourth-order valence-electron chi connectivity index (χ4n) is 2.17. The summed E-state index contributed by atoms with van der Waals surface area (Å²) in [4.78, 5) is 0. The van der Waals surface area contributed by atoms with Gasteiger partial charge in [0.1, 0.15) is 23.3 Å². The summed E-state index contributed by atoms with van der Waals surface area (Å²) in [6.07, 6.45) is -0.684. The summed E-state index contributed by atoms with van der Waals surface area (Å²) in [5, 5.41) is 9.41. The molecule has 0 radical (unpaired) electrons. The molecule has 0 aliphatic heterocycles. The minimum absolute atomic E-state index is 0.661. The smallest absolute Gasteiger partial charge is 0.209 e. The molecule has 3 aromatic rings. The van der Waals surface area contributed by atoms with Crippen molar-refractivity contribution in [3.63, 3.8) is 0 Å². The molecule has 0 aromatic heterocycles. The van der Waals surface area contributed by atoms with Crippen molar-refractivity contribution in [1.82, 2.24) is 0 Å². The minimum atomic E-state index is -0.684. The first-order valence-electron chi connectivity index (χ1n) is 7.29. The maximum absolute atomic E-state index is 9.41. The predicted octanol–water partition coefficient (Wildman–Crippen LogP) is 5.12. The Morgan fingerprint density at radius 2 is 1.30 bits per heavy atom. The quantitative estimate of drug-likeness (QED) is 0.656. The SMILES string of the molecule is N#CC(Oc1ccccc1)c1cccc(Oc2ccccc2)c1. The molecule has 112 valence electrons. The Labute approximate surface area is 135 Å². The van der Waals surface area contributed by atoms with E-state index in [0.717, 1.165) is 11.3 Å². The van der Waals surface area contributed by atoms with E-state index < -0.39 is 6.10 Å². The van der Waals surface area contributed by atoms with Crippen LogP contribution in [0.4, 0.5) is 0 Å². The zero-order valence-electron chi connectivity index (χ0n) is 12.4. The van der Waals surface area contributed by atoms with E-state index in [0.29, 0.717) is 11.5 Å². The van der Waals surface area contributed by atoms with Crippen LogP contribution in [-0.2, 0) is 0 Å². The van der Waals surface area contributed by atoms with Crippen LogP contribution >= 0.6 is 0 Å².